The quantitative estimate of drug-likeness (QED) is 0.209. The van der Waals surface area contributed by atoms with E-state index < -0.39 is 9.84 Å². The van der Waals surface area contributed by atoms with Gasteiger partial charge in [0.15, 0.2) is 9.84 Å². The molecule has 2 aliphatic rings. The molecule has 1 atom stereocenters. The molecule has 0 N–H and O–H groups in total. The van der Waals surface area contributed by atoms with Gasteiger partial charge in [-0.25, -0.2) is 13.4 Å². The zero-order chi connectivity index (χ0) is 32.0. The first kappa shape index (κ1) is 30.2. The summed E-state index contributed by atoms with van der Waals surface area (Å²) in [7, 11) is -3.68. The van der Waals surface area contributed by atoms with Crippen molar-refractivity contribution in [3.05, 3.63) is 71.4 Å². The van der Waals surface area contributed by atoms with Crippen LogP contribution in [0, 0.1) is 30.1 Å². The molecule has 0 aliphatic carbocycles. The summed E-state index contributed by atoms with van der Waals surface area (Å²) in [6.07, 6.45) is 8.76. The first-order valence-corrected chi connectivity index (χ1v) is 17.3. The molecule has 0 amide bonds. The fourth-order valence-electron chi connectivity index (χ4n) is 6.67. The molecule has 46 heavy (non-hydrogen) atoms. The molecule has 5 aromatic rings. The second kappa shape index (κ2) is 12.0. The number of nitrogens with zero attached hydrogens (tertiary/aromatic N) is 7. The fourth-order valence-corrected chi connectivity index (χ4v) is 8.90. The van der Waals surface area contributed by atoms with Crippen LogP contribution in [-0.4, -0.2) is 57.1 Å². The van der Waals surface area contributed by atoms with E-state index in [1.54, 1.807) is 25.4 Å². The normalized spacial score (nSPS) is 17.8. The molecule has 0 aromatic carbocycles. The lowest BCUT2D eigenvalue weighted by atomic mass is 9.88. The third-order valence-corrected chi connectivity index (χ3v) is 11.0. The number of fused-ring (bicyclic) bond motifs is 2. The van der Waals surface area contributed by atoms with E-state index in [0.717, 1.165) is 54.9 Å². The molecule has 0 saturated carbocycles. The van der Waals surface area contributed by atoms with E-state index in [1.807, 2.05) is 42.8 Å². The second-order valence-electron chi connectivity index (χ2n) is 12.6. The maximum Gasteiger partial charge on any atom is 0.250 e. The maximum absolute atomic E-state index is 14.0. The van der Waals surface area contributed by atoms with Crippen molar-refractivity contribution < 1.29 is 17.6 Å². The third-order valence-electron chi connectivity index (χ3n) is 9.17. The zero-order valence-electron chi connectivity index (χ0n) is 26.1. The van der Waals surface area contributed by atoms with Gasteiger partial charge in [-0.15, -0.1) is 10.2 Å². The Balaban J connectivity index is 1.40. The number of rotatable bonds is 8. The SMILES string of the molecule is Cc1nnc(-c2c(CCC3CCOCC3)nc3c(c2-c2cnc4c(ccn4Cc4ccc(C#N)cn4)c2)S(=O)(=O)C[C@@H]3C(C)C)o1. The molecule has 7 rings (SSSR count). The van der Waals surface area contributed by atoms with Crippen molar-refractivity contribution in [2.24, 2.45) is 11.8 Å². The van der Waals surface area contributed by atoms with Gasteiger partial charge in [-0.1, -0.05) is 13.8 Å². The van der Waals surface area contributed by atoms with Crippen molar-refractivity contribution in [3.63, 3.8) is 0 Å². The van der Waals surface area contributed by atoms with Gasteiger partial charge in [-0.05, 0) is 61.8 Å². The highest BCUT2D eigenvalue weighted by Crippen LogP contribution is 2.48. The summed E-state index contributed by atoms with van der Waals surface area (Å²) in [6.45, 7) is 7.80. The lowest BCUT2D eigenvalue weighted by molar-refractivity contribution is 0.0639. The van der Waals surface area contributed by atoms with Crippen LogP contribution in [0.3, 0.4) is 0 Å². The Morgan fingerprint density at radius 2 is 1.91 bits per heavy atom. The Bertz CT molecular complexity index is 2070. The van der Waals surface area contributed by atoms with Gasteiger partial charge in [0.05, 0.1) is 45.4 Å². The minimum absolute atomic E-state index is 0.00929. The Kier molecular flexibility index (Phi) is 7.90. The minimum Gasteiger partial charge on any atom is -0.421 e. The highest BCUT2D eigenvalue weighted by atomic mass is 32.2. The number of sulfone groups is 1. The number of ether oxygens (including phenoxy) is 1. The molecule has 7 heterocycles. The summed E-state index contributed by atoms with van der Waals surface area (Å²) in [6, 6.07) is 9.61. The van der Waals surface area contributed by atoms with Gasteiger partial charge in [0.2, 0.25) is 11.8 Å². The molecule has 11 nitrogen and oxygen atoms in total. The summed E-state index contributed by atoms with van der Waals surface area (Å²) >= 11 is 0. The molecule has 0 spiro atoms. The fraction of sp³-hybridized carbons (Fsp3) is 0.412. The predicted molar refractivity (Wildman–Crippen MR) is 171 cm³/mol. The molecular formula is C34H35N7O4S. The smallest absolute Gasteiger partial charge is 0.250 e. The summed E-state index contributed by atoms with van der Waals surface area (Å²) in [5.74, 6) is 1.02. The van der Waals surface area contributed by atoms with E-state index in [-0.39, 0.29) is 28.4 Å². The maximum atomic E-state index is 14.0. The van der Waals surface area contributed by atoms with Crippen molar-refractivity contribution >= 4 is 20.9 Å². The Labute approximate surface area is 267 Å². The van der Waals surface area contributed by atoms with E-state index in [0.29, 0.717) is 52.7 Å². The highest BCUT2D eigenvalue weighted by Gasteiger charge is 2.43. The van der Waals surface area contributed by atoms with Gasteiger partial charge < -0.3 is 13.7 Å². The highest BCUT2D eigenvalue weighted by molar-refractivity contribution is 7.92. The van der Waals surface area contributed by atoms with Gasteiger partial charge in [0.25, 0.3) is 0 Å². The molecule has 5 aromatic heterocycles. The number of aryl methyl sites for hydroxylation is 2. The molecule has 0 bridgehead atoms. The number of hydrogen-bond donors (Lipinski definition) is 0. The van der Waals surface area contributed by atoms with Crippen LogP contribution >= 0.6 is 0 Å². The van der Waals surface area contributed by atoms with Crippen molar-refractivity contribution in [2.45, 2.75) is 63.8 Å². The van der Waals surface area contributed by atoms with Gasteiger partial charge in [-0.3, -0.25) is 9.97 Å². The van der Waals surface area contributed by atoms with Crippen molar-refractivity contribution in [3.8, 4) is 28.7 Å². The van der Waals surface area contributed by atoms with Gasteiger partial charge in [0.1, 0.15) is 11.7 Å². The first-order valence-electron chi connectivity index (χ1n) is 15.7. The third kappa shape index (κ3) is 5.58. The van der Waals surface area contributed by atoms with Crippen LogP contribution in [0.2, 0.25) is 0 Å². The average Bonchev–Trinajstić information content (AvgIpc) is 3.75. The first-order chi connectivity index (χ1) is 22.2. The number of nitriles is 1. The van der Waals surface area contributed by atoms with Crippen LogP contribution in [-0.2, 0) is 27.5 Å². The second-order valence-corrected chi connectivity index (χ2v) is 14.6. The molecule has 1 saturated heterocycles. The molecule has 0 radical (unpaired) electrons. The van der Waals surface area contributed by atoms with E-state index in [1.165, 1.54) is 0 Å². The monoisotopic (exact) mass is 637 g/mol. The number of aromatic nitrogens is 6. The van der Waals surface area contributed by atoms with Crippen molar-refractivity contribution in [2.75, 3.05) is 19.0 Å². The summed E-state index contributed by atoms with van der Waals surface area (Å²) in [4.78, 5) is 14.6. The van der Waals surface area contributed by atoms with Crippen LogP contribution in [0.4, 0.5) is 0 Å². The summed E-state index contributed by atoms with van der Waals surface area (Å²) in [5.41, 5.74) is 5.19. The largest absolute Gasteiger partial charge is 0.421 e. The topological polar surface area (TPSA) is 150 Å². The van der Waals surface area contributed by atoms with E-state index in [2.05, 4.69) is 21.3 Å². The van der Waals surface area contributed by atoms with E-state index in [4.69, 9.17) is 24.4 Å². The van der Waals surface area contributed by atoms with Gasteiger partial charge >= 0.3 is 0 Å². The lowest BCUT2D eigenvalue weighted by Crippen LogP contribution is -2.17. The van der Waals surface area contributed by atoms with Crippen LogP contribution < -0.4 is 0 Å². The standard InChI is InChI=1S/C34H35N7O4S/c1-20(2)27-19-46(42,43)32-29(25-14-24-8-11-41(33(24)37-17-25)18-26-6-4-23(15-35)16-36-26)30(34-40-39-21(3)45-34)28(38-31(27)32)7-5-22-9-12-44-13-10-22/h4,6,8,11,14,16-17,20,22,27H,5,7,9-10,12-13,18-19H2,1-3H3/t27-/m1/s1. The number of hydrogen-bond acceptors (Lipinski definition) is 10. The molecule has 2 aliphatic heterocycles. The van der Waals surface area contributed by atoms with Crippen molar-refractivity contribution in [1.82, 2.24) is 29.7 Å². The molecular weight excluding hydrogens is 602 g/mol. The molecule has 1 fully saturated rings. The van der Waals surface area contributed by atoms with Crippen molar-refractivity contribution in [1.29, 1.82) is 5.26 Å². The molecule has 12 heteroatoms. The van der Waals surface area contributed by atoms with E-state index in [9.17, 15) is 8.42 Å². The van der Waals surface area contributed by atoms with Gasteiger partial charge in [0, 0.05) is 61.2 Å². The number of pyridine rings is 3. The summed E-state index contributed by atoms with van der Waals surface area (Å²) in [5, 5.41) is 18.5. The predicted octanol–water partition coefficient (Wildman–Crippen LogP) is 5.66. The van der Waals surface area contributed by atoms with Crippen LogP contribution in [0.25, 0.3) is 33.6 Å². The average molecular weight is 638 g/mol. The van der Waals surface area contributed by atoms with Gasteiger partial charge in [-0.2, -0.15) is 5.26 Å². The lowest BCUT2D eigenvalue weighted by Gasteiger charge is -2.23. The minimum atomic E-state index is -3.68. The van der Waals surface area contributed by atoms with Crippen LogP contribution in [0.5, 0.6) is 0 Å². The Morgan fingerprint density at radius 1 is 1.09 bits per heavy atom. The molecule has 236 valence electrons. The Hall–Kier alpha value is -4.47. The van der Waals surface area contributed by atoms with E-state index >= 15 is 0 Å². The van der Waals surface area contributed by atoms with Crippen LogP contribution in [0.15, 0.2) is 52.2 Å². The summed E-state index contributed by atoms with van der Waals surface area (Å²) < 4.78 is 41.6. The van der Waals surface area contributed by atoms with Crippen LogP contribution in [0.1, 0.15) is 67.6 Å². The zero-order valence-corrected chi connectivity index (χ0v) is 26.9. The molecule has 0 unspecified atom stereocenters. The Morgan fingerprint density at radius 3 is 2.61 bits per heavy atom.